The van der Waals surface area contributed by atoms with Crippen molar-refractivity contribution in [3.05, 3.63) is 46.2 Å². The van der Waals surface area contributed by atoms with Crippen molar-refractivity contribution in [2.75, 3.05) is 13.1 Å². The summed E-state index contributed by atoms with van der Waals surface area (Å²) in [6, 6.07) is 6.22. The Hall–Kier alpha value is -2.83. The number of hydrogen-bond acceptors (Lipinski definition) is 4. The van der Waals surface area contributed by atoms with Crippen LogP contribution in [0.25, 0.3) is 0 Å². The number of nitrogens with one attached hydrogen (secondary N) is 1. The standard InChI is InChI=1S/C19H22N2O5/c22-15-7-8-21(19(26)17(15)18(25)20-10-16(23)24)11-12-5-6-13-3-1-2-4-14(13)9-12/h5-6,9,22H,1-4,7-8,10-11H2,(H,20,25)(H,23,24). The van der Waals surface area contributed by atoms with Crippen LogP contribution in [0.3, 0.4) is 0 Å². The highest BCUT2D eigenvalue weighted by molar-refractivity contribution is 6.19. The van der Waals surface area contributed by atoms with E-state index in [0.29, 0.717) is 13.1 Å². The van der Waals surface area contributed by atoms with E-state index in [2.05, 4.69) is 17.4 Å². The van der Waals surface area contributed by atoms with E-state index in [-0.39, 0.29) is 17.8 Å². The number of fused-ring (bicyclic) bond motifs is 1. The van der Waals surface area contributed by atoms with Crippen LogP contribution in [0.4, 0.5) is 0 Å². The monoisotopic (exact) mass is 358 g/mol. The highest BCUT2D eigenvalue weighted by Gasteiger charge is 2.32. The van der Waals surface area contributed by atoms with Gasteiger partial charge in [0.05, 0.1) is 0 Å². The molecule has 0 spiro atoms. The van der Waals surface area contributed by atoms with Crippen LogP contribution in [0.5, 0.6) is 0 Å². The maximum atomic E-state index is 12.6. The van der Waals surface area contributed by atoms with Crippen molar-refractivity contribution in [2.24, 2.45) is 0 Å². The largest absolute Gasteiger partial charge is 0.511 e. The van der Waals surface area contributed by atoms with Gasteiger partial charge < -0.3 is 20.4 Å². The second kappa shape index (κ2) is 7.59. The second-order valence-electron chi connectivity index (χ2n) is 6.68. The minimum atomic E-state index is -1.22. The molecule has 1 aliphatic carbocycles. The molecule has 7 heteroatoms. The van der Waals surface area contributed by atoms with Crippen molar-refractivity contribution in [3.63, 3.8) is 0 Å². The Balaban J connectivity index is 1.73. The van der Waals surface area contributed by atoms with E-state index in [9.17, 15) is 19.5 Å². The van der Waals surface area contributed by atoms with E-state index in [1.165, 1.54) is 28.9 Å². The van der Waals surface area contributed by atoms with Crippen molar-refractivity contribution in [1.29, 1.82) is 0 Å². The first-order valence-electron chi connectivity index (χ1n) is 8.78. The average molecular weight is 358 g/mol. The number of amides is 2. The number of hydrogen-bond donors (Lipinski definition) is 3. The van der Waals surface area contributed by atoms with Gasteiger partial charge in [-0.2, -0.15) is 0 Å². The number of nitrogens with zero attached hydrogens (tertiary/aromatic N) is 1. The Morgan fingerprint density at radius 2 is 1.85 bits per heavy atom. The lowest BCUT2D eigenvalue weighted by atomic mass is 9.90. The molecule has 1 heterocycles. The van der Waals surface area contributed by atoms with Crippen LogP contribution in [0.15, 0.2) is 29.5 Å². The predicted octanol–water partition coefficient (Wildman–Crippen LogP) is 1.31. The fourth-order valence-electron chi connectivity index (χ4n) is 3.48. The van der Waals surface area contributed by atoms with Crippen LogP contribution in [0.1, 0.15) is 36.0 Å². The number of carbonyl (C=O) groups excluding carboxylic acids is 2. The minimum Gasteiger partial charge on any atom is -0.511 e. The van der Waals surface area contributed by atoms with Crippen LogP contribution in [0, 0.1) is 0 Å². The van der Waals surface area contributed by atoms with Crippen molar-refractivity contribution < 1.29 is 24.6 Å². The normalized spacial score (nSPS) is 17.1. The predicted molar refractivity (Wildman–Crippen MR) is 93.4 cm³/mol. The van der Waals surface area contributed by atoms with Gasteiger partial charge in [-0.25, -0.2) is 0 Å². The summed E-state index contributed by atoms with van der Waals surface area (Å²) in [4.78, 5) is 36.8. The molecule has 0 atom stereocenters. The molecular formula is C19H22N2O5. The maximum Gasteiger partial charge on any atom is 0.322 e. The van der Waals surface area contributed by atoms with E-state index < -0.39 is 24.3 Å². The number of aliphatic carboxylic acids is 1. The number of carboxylic acid groups (broad SMARTS) is 1. The Morgan fingerprint density at radius 3 is 2.58 bits per heavy atom. The molecule has 0 bridgehead atoms. The van der Waals surface area contributed by atoms with Gasteiger partial charge in [-0.05, 0) is 42.4 Å². The van der Waals surface area contributed by atoms with Crippen LogP contribution >= 0.6 is 0 Å². The van der Waals surface area contributed by atoms with Crippen LogP contribution in [-0.2, 0) is 33.8 Å². The van der Waals surface area contributed by atoms with E-state index in [1.54, 1.807) is 0 Å². The molecule has 3 rings (SSSR count). The third-order valence-electron chi connectivity index (χ3n) is 4.82. The summed E-state index contributed by atoms with van der Waals surface area (Å²) in [5.41, 5.74) is 3.30. The zero-order valence-corrected chi connectivity index (χ0v) is 14.5. The van der Waals surface area contributed by atoms with Crippen LogP contribution in [-0.4, -0.2) is 46.0 Å². The first-order chi connectivity index (χ1) is 12.5. The Kier molecular flexibility index (Phi) is 5.25. The van der Waals surface area contributed by atoms with Gasteiger partial charge in [0.1, 0.15) is 17.9 Å². The molecule has 138 valence electrons. The molecule has 1 aliphatic heterocycles. The van der Waals surface area contributed by atoms with Gasteiger partial charge in [0.25, 0.3) is 11.8 Å². The third-order valence-corrected chi connectivity index (χ3v) is 4.82. The van der Waals surface area contributed by atoms with Gasteiger partial charge >= 0.3 is 5.97 Å². The lowest BCUT2D eigenvalue weighted by Gasteiger charge is -2.28. The van der Waals surface area contributed by atoms with Crippen LogP contribution < -0.4 is 5.32 Å². The van der Waals surface area contributed by atoms with Crippen molar-refractivity contribution >= 4 is 17.8 Å². The number of aliphatic hydroxyl groups is 1. The van der Waals surface area contributed by atoms with Gasteiger partial charge in [-0.15, -0.1) is 0 Å². The highest BCUT2D eigenvalue weighted by Crippen LogP contribution is 2.24. The quantitative estimate of drug-likeness (QED) is 0.688. The van der Waals surface area contributed by atoms with Gasteiger partial charge in [0, 0.05) is 19.5 Å². The fourth-order valence-corrected chi connectivity index (χ4v) is 3.48. The molecule has 0 aromatic heterocycles. The SMILES string of the molecule is O=C(O)CNC(=O)C1=C(O)CCN(Cc2ccc3c(c2)CCCC3)C1=O. The molecule has 0 radical (unpaired) electrons. The molecule has 2 amide bonds. The number of aryl methyl sites for hydroxylation is 2. The second-order valence-corrected chi connectivity index (χ2v) is 6.68. The molecule has 26 heavy (non-hydrogen) atoms. The molecule has 1 aromatic carbocycles. The van der Waals surface area contributed by atoms with Gasteiger partial charge in [0.15, 0.2) is 0 Å². The number of carbonyl (C=O) groups is 3. The first-order valence-corrected chi connectivity index (χ1v) is 8.78. The van der Waals surface area contributed by atoms with E-state index in [0.717, 1.165) is 18.4 Å². The van der Waals surface area contributed by atoms with Gasteiger partial charge in [-0.3, -0.25) is 14.4 Å². The summed E-state index contributed by atoms with van der Waals surface area (Å²) in [5, 5.41) is 20.7. The number of benzene rings is 1. The van der Waals surface area contributed by atoms with Gasteiger partial charge in [-0.1, -0.05) is 18.2 Å². The number of rotatable bonds is 5. The van der Waals surface area contributed by atoms with Crippen LogP contribution in [0.2, 0.25) is 0 Å². The molecule has 0 fully saturated rings. The molecule has 0 saturated heterocycles. The van der Waals surface area contributed by atoms with Crippen molar-refractivity contribution in [3.8, 4) is 0 Å². The summed E-state index contributed by atoms with van der Waals surface area (Å²) in [7, 11) is 0. The summed E-state index contributed by atoms with van der Waals surface area (Å²) in [6.07, 6.45) is 4.68. The number of aliphatic hydroxyl groups excluding tert-OH is 1. The van der Waals surface area contributed by atoms with E-state index in [1.807, 2.05) is 6.07 Å². The maximum absolute atomic E-state index is 12.6. The fraction of sp³-hybridized carbons (Fsp3) is 0.421. The molecule has 7 nitrogen and oxygen atoms in total. The molecule has 1 aromatic rings. The van der Waals surface area contributed by atoms with Crippen molar-refractivity contribution in [2.45, 2.75) is 38.6 Å². The Bertz CT molecular complexity index is 784. The third kappa shape index (κ3) is 3.87. The molecule has 0 saturated carbocycles. The molecule has 0 unspecified atom stereocenters. The summed E-state index contributed by atoms with van der Waals surface area (Å²) >= 11 is 0. The lowest BCUT2D eigenvalue weighted by Crippen LogP contribution is -2.43. The summed E-state index contributed by atoms with van der Waals surface area (Å²) in [5.74, 6) is -2.94. The average Bonchev–Trinajstić information content (AvgIpc) is 2.62. The minimum absolute atomic E-state index is 0.173. The van der Waals surface area contributed by atoms with Gasteiger partial charge in [0.2, 0.25) is 0 Å². The number of carboxylic acids is 1. The van der Waals surface area contributed by atoms with E-state index >= 15 is 0 Å². The highest BCUT2D eigenvalue weighted by atomic mass is 16.4. The zero-order valence-electron chi connectivity index (χ0n) is 14.5. The zero-order chi connectivity index (χ0) is 18.7. The topological polar surface area (TPSA) is 107 Å². The van der Waals surface area contributed by atoms with E-state index in [4.69, 9.17) is 5.11 Å². The molecule has 2 aliphatic rings. The summed E-state index contributed by atoms with van der Waals surface area (Å²) in [6.45, 7) is 0.0697. The Morgan fingerprint density at radius 1 is 1.12 bits per heavy atom. The first kappa shape index (κ1) is 18.0. The molecule has 3 N–H and O–H groups in total. The summed E-state index contributed by atoms with van der Waals surface area (Å²) < 4.78 is 0. The molecular weight excluding hydrogens is 336 g/mol. The lowest BCUT2D eigenvalue weighted by molar-refractivity contribution is -0.138. The van der Waals surface area contributed by atoms with Crippen molar-refractivity contribution in [1.82, 2.24) is 10.2 Å². The Labute approximate surface area is 151 Å². The smallest absolute Gasteiger partial charge is 0.322 e.